The van der Waals surface area contributed by atoms with Gasteiger partial charge in [-0.2, -0.15) is 0 Å². The summed E-state index contributed by atoms with van der Waals surface area (Å²) in [6.07, 6.45) is 0.558. The van der Waals surface area contributed by atoms with Crippen molar-refractivity contribution in [3.8, 4) is 0 Å². The standard InChI is InChI=1S/C17H23Cl2N3O2/c1-6-7-22-14-9-12(19)11(18)8-13(14)20-15(22)10-21(5)16(23)24-17(2,3)4/h8-9H,6-7,10H2,1-5H3. The number of carbonyl (C=O) groups is 1. The highest BCUT2D eigenvalue weighted by Crippen LogP contribution is 2.29. The number of rotatable bonds is 4. The number of carbonyl (C=O) groups excluding carboxylic acids is 1. The third kappa shape index (κ3) is 4.33. The number of nitrogens with zero attached hydrogens (tertiary/aromatic N) is 3. The summed E-state index contributed by atoms with van der Waals surface area (Å²) in [6, 6.07) is 3.57. The van der Waals surface area contributed by atoms with Gasteiger partial charge in [-0.25, -0.2) is 9.78 Å². The number of hydrogen-bond acceptors (Lipinski definition) is 3. The second-order valence-electron chi connectivity index (χ2n) is 6.77. The Balaban J connectivity index is 2.34. The fraction of sp³-hybridized carbons (Fsp3) is 0.529. The van der Waals surface area contributed by atoms with E-state index < -0.39 is 5.60 Å². The van der Waals surface area contributed by atoms with Crippen LogP contribution in [0.1, 0.15) is 39.9 Å². The van der Waals surface area contributed by atoms with Crippen molar-refractivity contribution in [2.75, 3.05) is 7.05 Å². The lowest BCUT2D eigenvalue weighted by molar-refractivity contribution is 0.0279. The molecule has 0 unspecified atom stereocenters. The molecule has 0 aliphatic carbocycles. The quantitative estimate of drug-likeness (QED) is 0.748. The molecule has 2 rings (SSSR count). The molecule has 1 heterocycles. The highest BCUT2D eigenvalue weighted by Gasteiger charge is 2.22. The van der Waals surface area contributed by atoms with E-state index in [0.717, 1.165) is 29.8 Å². The maximum atomic E-state index is 12.2. The Morgan fingerprint density at radius 1 is 1.29 bits per heavy atom. The van der Waals surface area contributed by atoms with Gasteiger partial charge in [-0.15, -0.1) is 0 Å². The second-order valence-corrected chi connectivity index (χ2v) is 7.59. The number of aryl methyl sites for hydroxylation is 1. The summed E-state index contributed by atoms with van der Waals surface area (Å²) in [5, 5.41) is 0.964. The average molecular weight is 372 g/mol. The van der Waals surface area contributed by atoms with E-state index >= 15 is 0 Å². The largest absolute Gasteiger partial charge is 0.444 e. The van der Waals surface area contributed by atoms with E-state index in [1.54, 1.807) is 13.1 Å². The number of halogens is 2. The molecule has 1 aromatic heterocycles. The van der Waals surface area contributed by atoms with E-state index in [2.05, 4.69) is 16.5 Å². The Labute approximate surface area is 152 Å². The van der Waals surface area contributed by atoms with Crippen molar-refractivity contribution in [2.24, 2.45) is 0 Å². The van der Waals surface area contributed by atoms with Gasteiger partial charge >= 0.3 is 6.09 Å². The summed E-state index contributed by atoms with van der Waals surface area (Å²) in [7, 11) is 1.70. The molecule has 132 valence electrons. The minimum absolute atomic E-state index is 0.346. The van der Waals surface area contributed by atoms with Crippen molar-refractivity contribution in [3.63, 3.8) is 0 Å². The zero-order chi connectivity index (χ0) is 18.1. The van der Waals surface area contributed by atoms with E-state index in [-0.39, 0.29) is 6.09 Å². The highest BCUT2D eigenvalue weighted by molar-refractivity contribution is 6.42. The van der Waals surface area contributed by atoms with Crippen LogP contribution in [0.5, 0.6) is 0 Å². The first-order valence-corrected chi connectivity index (χ1v) is 8.66. The van der Waals surface area contributed by atoms with Gasteiger partial charge in [-0.05, 0) is 39.3 Å². The molecule has 0 saturated heterocycles. The van der Waals surface area contributed by atoms with Gasteiger partial charge in [0, 0.05) is 13.6 Å². The molecule has 0 radical (unpaired) electrons. The molecule has 5 nitrogen and oxygen atoms in total. The Hall–Kier alpha value is -1.46. The summed E-state index contributed by atoms with van der Waals surface area (Å²) in [5.74, 6) is 0.776. The number of amides is 1. The number of hydrogen-bond donors (Lipinski definition) is 0. The van der Waals surface area contributed by atoms with Crippen LogP contribution >= 0.6 is 23.2 Å². The van der Waals surface area contributed by atoms with Crippen LogP contribution in [0.2, 0.25) is 10.0 Å². The van der Waals surface area contributed by atoms with Gasteiger partial charge in [-0.3, -0.25) is 0 Å². The Kier molecular flexibility index (Phi) is 5.66. The minimum atomic E-state index is -0.532. The molecule has 0 atom stereocenters. The first kappa shape index (κ1) is 18.9. The molecule has 0 N–H and O–H groups in total. The molecule has 0 spiro atoms. The summed E-state index contributed by atoms with van der Waals surface area (Å²) >= 11 is 12.2. The fourth-order valence-electron chi connectivity index (χ4n) is 2.38. The molecule has 0 aliphatic heterocycles. The van der Waals surface area contributed by atoms with Gasteiger partial charge in [0.2, 0.25) is 0 Å². The fourth-order valence-corrected chi connectivity index (χ4v) is 2.70. The molecule has 24 heavy (non-hydrogen) atoms. The van der Waals surface area contributed by atoms with Crippen molar-refractivity contribution in [1.29, 1.82) is 0 Å². The molecule has 0 fully saturated rings. The third-order valence-corrected chi connectivity index (χ3v) is 4.12. The van der Waals surface area contributed by atoms with Gasteiger partial charge in [0.15, 0.2) is 0 Å². The van der Waals surface area contributed by atoms with Crippen molar-refractivity contribution in [2.45, 2.75) is 52.8 Å². The SMILES string of the molecule is CCCn1c(CN(C)C(=O)OC(C)(C)C)nc2cc(Cl)c(Cl)cc21. The zero-order valence-electron chi connectivity index (χ0n) is 14.7. The van der Waals surface area contributed by atoms with Crippen LogP contribution in [0.3, 0.4) is 0 Å². The number of benzene rings is 1. The molecular formula is C17H23Cl2N3O2. The molecular weight excluding hydrogens is 349 g/mol. The van der Waals surface area contributed by atoms with Crippen LogP contribution in [-0.4, -0.2) is 33.2 Å². The molecule has 1 amide bonds. The van der Waals surface area contributed by atoms with Crippen molar-refractivity contribution in [3.05, 3.63) is 28.0 Å². The first-order valence-electron chi connectivity index (χ1n) is 7.90. The van der Waals surface area contributed by atoms with E-state index in [4.69, 9.17) is 27.9 Å². The normalized spacial score (nSPS) is 11.8. The van der Waals surface area contributed by atoms with Crippen LogP contribution in [-0.2, 0) is 17.8 Å². The number of fused-ring (bicyclic) bond motifs is 1. The molecule has 0 aliphatic rings. The lowest BCUT2D eigenvalue weighted by Gasteiger charge is -2.24. The van der Waals surface area contributed by atoms with Gasteiger partial charge in [-0.1, -0.05) is 30.1 Å². The Bertz CT molecular complexity index is 750. The topological polar surface area (TPSA) is 47.4 Å². The van der Waals surface area contributed by atoms with Gasteiger partial charge in [0.05, 0.1) is 27.6 Å². The lowest BCUT2D eigenvalue weighted by atomic mass is 10.2. The smallest absolute Gasteiger partial charge is 0.410 e. The maximum absolute atomic E-state index is 12.2. The predicted octanol–water partition coefficient (Wildman–Crippen LogP) is 5.12. The van der Waals surface area contributed by atoms with Crippen LogP contribution in [0.4, 0.5) is 4.79 Å². The molecule has 0 bridgehead atoms. The summed E-state index contributed by atoms with van der Waals surface area (Å²) in [4.78, 5) is 18.3. The molecule has 0 saturated carbocycles. The maximum Gasteiger partial charge on any atom is 0.410 e. The van der Waals surface area contributed by atoms with Crippen molar-refractivity contribution >= 4 is 40.3 Å². The average Bonchev–Trinajstić information content (AvgIpc) is 2.75. The molecule has 1 aromatic carbocycles. The van der Waals surface area contributed by atoms with Crippen LogP contribution in [0.25, 0.3) is 11.0 Å². The number of ether oxygens (including phenoxy) is 1. The summed E-state index contributed by atoms with van der Waals surface area (Å²) in [5.41, 5.74) is 1.15. The number of imidazole rings is 1. The summed E-state index contributed by atoms with van der Waals surface area (Å²) in [6.45, 7) is 8.74. The summed E-state index contributed by atoms with van der Waals surface area (Å²) < 4.78 is 7.46. The Morgan fingerprint density at radius 2 is 1.92 bits per heavy atom. The zero-order valence-corrected chi connectivity index (χ0v) is 16.2. The monoisotopic (exact) mass is 371 g/mol. The van der Waals surface area contributed by atoms with Gasteiger partial charge < -0.3 is 14.2 Å². The number of aromatic nitrogens is 2. The van der Waals surface area contributed by atoms with E-state index in [1.807, 2.05) is 26.8 Å². The Morgan fingerprint density at radius 3 is 2.50 bits per heavy atom. The van der Waals surface area contributed by atoms with Crippen molar-refractivity contribution < 1.29 is 9.53 Å². The minimum Gasteiger partial charge on any atom is -0.444 e. The van der Waals surface area contributed by atoms with E-state index in [0.29, 0.717) is 16.6 Å². The van der Waals surface area contributed by atoms with Crippen molar-refractivity contribution in [1.82, 2.24) is 14.5 Å². The third-order valence-electron chi connectivity index (χ3n) is 3.40. The molecule has 7 heteroatoms. The van der Waals surface area contributed by atoms with Gasteiger partial charge in [0.1, 0.15) is 11.4 Å². The molecule has 2 aromatic rings. The highest BCUT2D eigenvalue weighted by atomic mass is 35.5. The van der Waals surface area contributed by atoms with Crippen LogP contribution in [0.15, 0.2) is 12.1 Å². The van der Waals surface area contributed by atoms with Gasteiger partial charge in [0.25, 0.3) is 0 Å². The lowest BCUT2D eigenvalue weighted by Crippen LogP contribution is -2.34. The predicted molar refractivity (Wildman–Crippen MR) is 97.7 cm³/mol. The first-order chi connectivity index (χ1) is 11.1. The van der Waals surface area contributed by atoms with Crippen LogP contribution in [0, 0.1) is 0 Å². The van der Waals surface area contributed by atoms with E-state index in [1.165, 1.54) is 4.90 Å². The van der Waals surface area contributed by atoms with E-state index in [9.17, 15) is 4.79 Å². The van der Waals surface area contributed by atoms with Crippen LogP contribution < -0.4 is 0 Å². The second kappa shape index (κ2) is 7.19.